The van der Waals surface area contributed by atoms with Crippen molar-refractivity contribution in [2.45, 2.75) is 64.3 Å². The normalized spacial score (nSPS) is 26.6. The Morgan fingerprint density at radius 3 is 2.55 bits per heavy atom. The molecule has 2 rings (SSSR count). The smallest absolute Gasteiger partial charge is 0.335 e. The molecule has 0 spiro atoms. The molecule has 2 heterocycles. The van der Waals surface area contributed by atoms with E-state index < -0.39 is 66.9 Å². The second kappa shape index (κ2) is 9.68. The van der Waals surface area contributed by atoms with Crippen LogP contribution in [-0.4, -0.2) is 62.0 Å². The number of alkyl halides is 1. The third-order valence-electron chi connectivity index (χ3n) is 4.79. The number of carbonyl (C=O) groups excluding carboxylic acids is 2. The molecule has 13 heteroatoms. The van der Waals surface area contributed by atoms with E-state index in [-0.39, 0.29) is 12.3 Å². The number of aliphatic hydroxyl groups is 2. The molecule has 12 nitrogen and oxygen atoms in total. The molecule has 174 valence electrons. The third kappa shape index (κ3) is 5.18. The predicted octanol–water partition coefficient (Wildman–Crippen LogP) is -1.64. The number of esters is 2. The first kappa shape index (κ1) is 24.7. The largest absolute Gasteiger partial charge is 0.458 e. The predicted molar refractivity (Wildman–Crippen MR) is 101 cm³/mol. The summed E-state index contributed by atoms with van der Waals surface area (Å²) < 4.78 is 30.9. The molecule has 0 bridgehead atoms. The number of halogens is 1. The molecule has 0 radical (unpaired) electrons. The monoisotopic (exact) mass is 447 g/mol. The Kier molecular flexibility index (Phi) is 7.70. The number of hydrogen-bond acceptors (Lipinski definition) is 10. The Morgan fingerprint density at radius 2 is 1.97 bits per heavy atom. The van der Waals surface area contributed by atoms with Gasteiger partial charge in [0.25, 0.3) is 11.4 Å². The zero-order chi connectivity index (χ0) is 23.5. The molecule has 1 saturated heterocycles. The fraction of sp³-hybridized carbons (Fsp3) is 0.667. The van der Waals surface area contributed by atoms with Gasteiger partial charge < -0.3 is 30.2 Å². The number of aromatic nitrogens is 2. The second-order valence-electron chi connectivity index (χ2n) is 7.38. The first-order valence-corrected chi connectivity index (χ1v) is 9.55. The lowest BCUT2D eigenvalue weighted by Crippen LogP contribution is -2.46. The standard InChI is InChI=1S/C18H26FN3O9/c1-4-11(24)30-8-22-10(23)5-6-21(17(22)28)15-13(25)14(26)18(19,31-15)7-29-16(27)12(20)9(2)3/h5-6,9,12-15,25-26H,4,7-8,20H2,1-3H3/t12-,13+,14-,15+,18+/m0/s1. The van der Waals surface area contributed by atoms with Crippen LogP contribution in [0.4, 0.5) is 4.39 Å². The first-order chi connectivity index (χ1) is 14.4. The highest BCUT2D eigenvalue weighted by molar-refractivity contribution is 5.75. The molecule has 5 atom stereocenters. The van der Waals surface area contributed by atoms with Crippen molar-refractivity contribution in [2.24, 2.45) is 11.7 Å². The van der Waals surface area contributed by atoms with Crippen molar-refractivity contribution in [2.75, 3.05) is 6.61 Å². The van der Waals surface area contributed by atoms with Crippen molar-refractivity contribution >= 4 is 11.9 Å². The summed E-state index contributed by atoms with van der Waals surface area (Å²) in [6.45, 7) is 3.01. The van der Waals surface area contributed by atoms with Gasteiger partial charge in [0, 0.05) is 18.7 Å². The van der Waals surface area contributed by atoms with Crippen LogP contribution in [0.5, 0.6) is 0 Å². The Balaban J connectivity index is 2.24. The van der Waals surface area contributed by atoms with E-state index in [0.29, 0.717) is 9.13 Å². The zero-order valence-electron chi connectivity index (χ0n) is 17.3. The van der Waals surface area contributed by atoms with Crippen molar-refractivity contribution in [3.63, 3.8) is 0 Å². The summed E-state index contributed by atoms with van der Waals surface area (Å²) in [7, 11) is 0. The van der Waals surface area contributed by atoms with Gasteiger partial charge in [-0.05, 0) is 5.92 Å². The number of nitrogens with two attached hydrogens (primary N) is 1. The topological polar surface area (TPSA) is 172 Å². The van der Waals surface area contributed by atoms with Gasteiger partial charge in [-0.1, -0.05) is 20.8 Å². The Bertz CT molecular complexity index is 931. The summed E-state index contributed by atoms with van der Waals surface area (Å²) in [6.07, 6.45) is -4.97. The van der Waals surface area contributed by atoms with E-state index in [1.165, 1.54) is 6.92 Å². The molecule has 0 amide bonds. The van der Waals surface area contributed by atoms with E-state index >= 15 is 4.39 Å². The Labute approximate surface area is 175 Å². The average Bonchev–Trinajstić information content (AvgIpc) is 2.95. The molecule has 0 aliphatic carbocycles. The van der Waals surface area contributed by atoms with Gasteiger partial charge in [0.2, 0.25) is 0 Å². The van der Waals surface area contributed by atoms with Gasteiger partial charge in [-0.15, -0.1) is 0 Å². The van der Waals surface area contributed by atoms with E-state index in [1.54, 1.807) is 13.8 Å². The van der Waals surface area contributed by atoms with Crippen LogP contribution in [0.2, 0.25) is 0 Å². The first-order valence-electron chi connectivity index (χ1n) is 9.55. The molecule has 0 saturated carbocycles. The number of rotatable bonds is 8. The molecule has 31 heavy (non-hydrogen) atoms. The summed E-state index contributed by atoms with van der Waals surface area (Å²) in [6, 6.07) is -0.135. The minimum Gasteiger partial charge on any atom is -0.458 e. The van der Waals surface area contributed by atoms with Crippen LogP contribution < -0.4 is 17.0 Å². The van der Waals surface area contributed by atoms with Gasteiger partial charge in [0.1, 0.15) is 18.2 Å². The van der Waals surface area contributed by atoms with Crippen LogP contribution in [0.1, 0.15) is 33.4 Å². The van der Waals surface area contributed by atoms with E-state index in [9.17, 15) is 29.4 Å². The Hall–Kier alpha value is -2.61. The number of carbonyl (C=O) groups is 2. The third-order valence-corrected chi connectivity index (χ3v) is 4.79. The van der Waals surface area contributed by atoms with Gasteiger partial charge in [0.15, 0.2) is 19.6 Å². The zero-order valence-corrected chi connectivity index (χ0v) is 17.3. The quantitative estimate of drug-likeness (QED) is 0.393. The van der Waals surface area contributed by atoms with Crippen LogP contribution in [0, 0.1) is 5.92 Å². The Morgan fingerprint density at radius 1 is 1.32 bits per heavy atom. The van der Waals surface area contributed by atoms with Crippen molar-refractivity contribution in [1.29, 1.82) is 0 Å². The van der Waals surface area contributed by atoms with Crippen LogP contribution in [0.25, 0.3) is 0 Å². The number of ether oxygens (including phenoxy) is 3. The van der Waals surface area contributed by atoms with Crippen molar-refractivity contribution in [3.8, 4) is 0 Å². The molecular weight excluding hydrogens is 421 g/mol. The molecule has 1 fully saturated rings. The van der Waals surface area contributed by atoms with Gasteiger partial charge in [0.05, 0.1) is 0 Å². The maximum Gasteiger partial charge on any atom is 0.335 e. The average molecular weight is 447 g/mol. The van der Waals surface area contributed by atoms with Crippen molar-refractivity contribution in [1.82, 2.24) is 9.13 Å². The van der Waals surface area contributed by atoms with E-state index in [0.717, 1.165) is 12.3 Å². The minimum absolute atomic E-state index is 0.00990. The molecule has 0 unspecified atom stereocenters. The molecule has 1 aromatic heterocycles. The van der Waals surface area contributed by atoms with Crippen molar-refractivity contribution in [3.05, 3.63) is 33.1 Å². The van der Waals surface area contributed by atoms with Gasteiger partial charge >= 0.3 is 17.6 Å². The van der Waals surface area contributed by atoms with Gasteiger partial charge in [-0.25, -0.2) is 13.8 Å². The fourth-order valence-electron chi connectivity index (χ4n) is 2.71. The lowest BCUT2D eigenvalue weighted by Gasteiger charge is -2.24. The van der Waals surface area contributed by atoms with Crippen LogP contribution in [-0.2, 0) is 30.5 Å². The maximum atomic E-state index is 15.1. The highest BCUT2D eigenvalue weighted by Crippen LogP contribution is 2.38. The second-order valence-corrected chi connectivity index (χ2v) is 7.38. The molecular formula is C18H26FN3O9. The SMILES string of the molecule is CCC(=O)OCn1c(=O)ccn([C@@H]2O[C@](F)(COC(=O)[C@@H](N)C(C)C)[C@@H](O)[C@H]2O)c1=O. The molecule has 1 aliphatic rings. The van der Waals surface area contributed by atoms with Crippen LogP contribution >= 0.6 is 0 Å². The molecule has 1 aromatic rings. The summed E-state index contributed by atoms with van der Waals surface area (Å²) in [5, 5.41) is 20.3. The molecule has 1 aliphatic heterocycles. The van der Waals surface area contributed by atoms with E-state index in [1.807, 2.05) is 0 Å². The summed E-state index contributed by atoms with van der Waals surface area (Å²) >= 11 is 0. The molecule has 4 N–H and O–H groups in total. The van der Waals surface area contributed by atoms with Gasteiger partial charge in [-0.2, -0.15) is 0 Å². The summed E-state index contributed by atoms with van der Waals surface area (Å²) in [5.41, 5.74) is 3.71. The van der Waals surface area contributed by atoms with E-state index in [2.05, 4.69) is 0 Å². The fourth-order valence-corrected chi connectivity index (χ4v) is 2.71. The lowest BCUT2D eigenvalue weighted by molar-refractivity contribution is -0.217. The van der Waals surface area contributed by atoms with Crippen LogP contribution in [0.3, 0.4) is 0 Å². The summed E-state index contributed by atoms with van der Waals surface area (Å²) in [5.74, 6) is -4.95. The van der Waals surface area contributed by atoms with Gasteiger partial charge in [-0.3, -0.25) is 19.0 Å². The highest BCUT2D eigenvalue weighted by Gasteiger charge is 2.57. The van der Waals surface area contributed by atoms with E-state index in [4.69, 9.17) is 19.9 Å². The number of nitrogens with zero attached hydrogens (tertiary/aromatic N) is 2. The van der Waals surface area contributed by atoms with Crippen molar-refractivity contribution < 1.29 is 38.4 Å². The minimum atomic E-state index is -3.05. The lowest BCUT2D eigenvalue weighted by atomic mass is 10.1. The molecule has 0 aromatic carbocycles. The number of aliphatic hydroxyl groups excluding tert-OH is 2. The maximum absolute atomic E-state index is 15.1. The highest BCUT2D eigenvalue weighted by atomic mass is 19.2. The van der Waals surface area contributed by atoms with Crippen LogP contribution in [0.15, 0.2) is 21.9 Å². The summed E-state index contributed by atoms with van der Waals surface area (Å²) in [4.78, 5) is 47.7. The number of hydrogen-bond donors (Lipinski definition) is 3.